The first kappa shape index (κ1) is 22.1. The summed E-state index contributed by atoms with van der Waals surface area (Å²) in [6, 6.07) is 15.4. The Balaban J connectivity index is 1.32. The summed E-state index contributed by atoms with van der Waals surface area (Å²) in [5, 5.41) is 2.72. The molecule has 1 saturated carbocycles. The zero-order valence-electron chi connectivity index (χ0n) is 18.8. The molecule has 2 aromatic rings. The molecule has 5 rings (SSSR count). The van der Waals surface area contributed by atoms with Gasteiger partial charge in [0, 0.05) is 12.1 Å². The van der Waals surface area contributed by atoms with E-state index >= 15 is 0 Å². The number of allylic oxidation sites excluding steroid dienone is 2. The number of rotatable bonds is 7. The quantitative estimate of drug-likeness (QED) is 0.391. The molecule has 0 radical (unpaired) electrons. The number of anilines is 1. The number of para-hydroxylation sites is 1. The number of amides is 3. The first-order valence-corrected chi connectivity index (χ1v) is 11.6. The molecule has 34 heavy (non-hydrogen) atoms. The molecule has 174 valence electrons. The molecule has 7 nitrogen and oxygen atoms in total. The summed E-state index contributed by atoms with van der Waals surface area (Å²) >= 11 is 0. The van der Waals surface area contributed by atoms with Crippen LogP contribution in [0.15, 0.2) is 66.7 Å². The lowest BCUT2D eigenvalue weighted by atomic mass is 9.85. The summed E-state index contributed by atoms with van der Waals surface area (Å²) in [4.78, 5) is 53.3. The van der Waals surface area contributed by atoms with Crippen LogP contribution in [-0.2, 0) is 30.3 Å². The lowest BCUT2D eigenvalue weighted by Gasteiger charge is -2.26. The summed E-state index contributed by atoms with van der Waals surface area (Å²) < 4.78 is 5.34. The van der Waals surface area contributed by atoms with Crippen molar-refractivity contribution in [3.63, 3.8) is 0 Å². The van der Waals surface area contributed by atoms with E-state index in [0.717, 1.165) is 22.4 Å². The number of ether oxygens (including phenoxy) is 1. The number of nitrogens with zero attached hydrogens (tertiary/aromatic N) is 1. The predicted octanol–water partition coefficient (Wildman–Crippen LogP) is 2.90. The number of fused-ring (bicyclic) bond motifs is 5. The van der Waals surface area contributed by atoms with Crippen LogP contribution in [0.25, 0.3) is 0 Å². The highest BCUT2D eigenvalue weighted by atomic mass is 16.5. The minimum Gasteiger partial charge on any atom is -0.454 e. The Morgan fingerprint density at radius 2 is 1.59 bits per heavy atom. The number of likely N-dealkylation sites (tertiary alicyclic amines) is 1. The smallest absolute Gasteiger partial charge is 0.330 e. The molecule has 2 fully saturated rings. The summed E-state index contributed by atoms with van der Waals surface area (Å²) in [7, 11) is 0. The van der Waals surface area contributed by atoms with Crippen LogP contribution in [0.2, 0.25) is 0 Å². The zero-order chi connectivity index (χ0) is 23.8. The van der Waals surface area contributed by atoms with Crippen LogP contribution in [0.1, 0.15) is 17.5 Å². The van der Waals surface area contributed by atoms with Crippen LogP contribution < -0.4 is 5.32 Å². The molecular weight excluding hydrogens is 432 g/mol. The van der Waals surface area contributed by atoms with Gasteiger partial charge in [-0.1, -0.05) is 60.7 Å². The molecule has 3 aliphatic rings. The maximum absolute atomic E-state index is 13.3. The Labute approximate surface area is 197 Å². The number of aryl methyl sites for hydroxylation is 1. The van der Waals surface area contributed by atoms with E-state index in [9.17, 15) is 19.2 Å². The number of nitrogens with one attached hydrogen (secondary N) is 1. The number of imide groups is 1. The molecule has 2 aliphatic carbocycles. The molecule has 0 unspecified atom stereocenters. The number of carbonyl (C=O) groups is 4. The molecule has 1 N–H and O–H groups in total. The second-order valence-corrected chi connectivity index (χ2v) is 9.22. The molecule has 1 aliphatic heterocycles. The third-order valence-corrected chi connectivity index (χ3v) is 7.12. The fourth-order valence-electron chi connectivity index (χ4n) is 5.48. The van der Waals surface area contributed by atoms with Crippen molar-refractivity contribution in [3.05, 3.63) is 77.9 Å². The van der Waals surface area contributed by atoms with Crippen LogP contribution in [0.5, 0.6) is 0 Å². The van der Waals surface area contributed by atoms with E-state index in [4.69, 9.17) is 4.74 Å². The van der Waals surface area contributed by atoms with Gasteiger partial charge < -0.3 is 10.1 Å². The third kappa shape index (κ3) is 3.91. The molecule has 3 amide bonds. The predicted molar refractivity (Wildman–Crippen MR) is 124 cm³/mol. The van der Waals surface area contributed by atoms with Crippen molar-refractivity contribution in [2.24, 2.45) is 23.7 Å². The van der Waals surface area contributed by atoms with E-state index in [1.54, 1.807) is 12.1 Å². The number of hydrogen-bond acceptors (Lipinski definition) is 5. The first-order chi connectivity index (χ1) is 16.4. The summed E-state index contributed by atoms with van der Waals surface area (Å²) in [5.74, 6) is -2.58. The van der Waals surface area contributed by atoms with Crippen LogP contribution in [0.3, 0.4) is 0 Å². The minimum absolute atomic E-state index is 0.0461. The fraction of sp³-hybridized carbons (Fsp3) is 0.333. The number of benzene rings is 2. The van der Waals surface area contributed by atoms with E-state index in [1.165, 1.54) is 0 Å². The SMILES string of the molecule is Cc1ccccc1NC(=O)COC(=O)[C@@H](Cc1ccccc1)N1C(=O)[C@@H]2[C@H](C1=O)[C@H]1C=C[C@H]2C1. The van der Waals surface area contributed by atoms with Crippen LogP contribution >= 0.6 is 0 Å². The highest BCUT2D eigenvalue weighted by Crippen LogP contribution is 2.53. The van der Waals surface area contributed by atoms with Crippen LogP contribution in [0.4, 0.5) is 5.69 Å². The van der Waals surface area contributed by atoms with E-state index in [0.29, 0.717) is 5.69 Å². The van der Waals surface area contributed by atoms with Gasteiger partial charge in [-0.15, -0.1) is 0 Å². The van der Waals surface area contributed by atoms with Gasteiger partial charge >= 0.3 is 5.97 Å². The Morgan fingerprint density at radius 3 is 2.24 bits per heavy atom. The normalized spacial score (nSPS) is 25.4. The molecule has 5 atom stereocenters. The average molecular weight is 459 g/mol. The molecule has 2 aromatic carbocycles. The van der Waals surface area contributed by atoms with Gasteiger partial charge in [0.15, 0.2) is 6.61 Å². The summed E-state index contributed by atoms with van der Waals surface area (Å²) in [5.41, 5.74) is 2.31. The maximum Gasteiger partial charge on any atom is 0.330 e. The van der Waals surface area contributed by atoms with Gasteiger partial charge in [-0.3, -0.25) is 19.3 Å². The lowest BCUT2D eigenvalue weighted by molar-refractivity contribution is -0.160. The van der Waals surface area contributed by atoms with Gasteiger partial charge in [0.05, 0.1) is 11.8 Å². The molecule has 0 spiro atoms. The van der Waals surface area contributed by atoms with Crippen molar-refractivity contribution in [2.45, 2.75) is 25.8 Å². The molecular formula is C27H26N2O5. The van der Waals surface area contributed by atoms with Crippen molar-refractivity contribution < 1.29 is 23.9 Å². The summed E-state index contributed by atoms with van der Waals surface area (Å²) in [6.07, 6.45) is 4.98. The average Bonchev–Trinajstić information content (AvgIpc) is 3.52. The van der Waals surface area contributed by atoms with E-state index < -0.39 is 36.4 Å². The van der Waals surface area contributed by atoms with Crippen molar-refractivity contribution in [1.82, 2.24) is 4.90 Å². The summed E-state index contributed by atoms with van der Waals surface area (Å²) in [6.45, 7) is 1.36. The van der Waals surface area contributed by atoms with E-state index in [-0.39, 0.29) is 30.1 Å². The molecule has 1 heterocycles. The van der Waals surface area contributed by atoms with Gasteiger partial charge in [-0.2, -0.15) is 0 Å². The molecule has 0 aromatic heterocycles. The molecule has 7 heteroatoms. The van der Waals surface area contributed by atoms with Crippen molar-refractivity contribution in [2.75, 3.05) is 11.9 Å². The van der Waals surface area contributed by atoms with E-state index in [1.807, 2.05) is 61.5 Å². The van der Waals surface area contributed by atoms with Gasteiger partial charge in [0.25, 0.3) is 5.91 Å². The number of carbonyl (C=O) groups excluding carboxylic acids is 4. The second-order valence-electron chi connectivity index (χ2n) is 9.22. The van der Waals surface area contributed by atoms with Gasteiger partial charge in [0.2, 0.25) is 11.8 Å². The largest absolute Gasteiger partial charge is 0.454 e. The van der Waals surface area contributed by atoms with Crippen LogP contribution in [0, 0.1) is 30.6 Å². The zero-order valence-corrected chi connectivity index (χ0v) is 18.8. The Kier molecular flexibility index (Phi) is 5.77. The second kappa shape index (κ2) is 8.89. The standard InChI is InChI=1S/C27H26N2O5/c1-16-7-5-6-10-20(16)28-22(30)15-34-27(33)21(13-17-8-3-2-4-9-17)29-25(31)23-18-11-12-19(14-18)24(23)26(29)32/h2-12,18-19,21,23-24H,13-15H2,1H3,(H,28,30)/t18-,19-,21+,23-,24+/m0/s1. The van der Waals surface area contributed by atoms with Crippen molar-refractivity contribution in [1.29, 1.82) is 0 Å². The third-order valence-electron chi connectivity index (χ3n) is 7.12. The Bertz CT molecular complexity index is 1140. The highest BCUT2D eigenvalue weighted by molar-refractivity contribution is 6.09. The van der Waals surface area contributed by atoms with Gasteiger partial charge in [-0.05, 0) is 42.4 Å². The monoisotopic (exact) mass is 458 g/mol. The maximum atomic E-state index is 13.3. The number of esters is 1. The Hall–Kier alpha value is -3.74. The topological polar surface area (TPSA) is 92.8 Å². The molecule has 1 saturated heterocycles. The van der Waals surface area contributed by atoms with Gasteiger partial charge in [-0.25, -0.2) is 4.79 Å². The Morgan fingerprint density at radius 1 is 0.971 bits per heavy atom. The molecule has 2 bridgehead atoms. The van der Waals surface area contributed by atoms with Crippen molar-refractivity contribution in [3.8, 4) is 0 Å². The van der Waals surface area contributed by atoms with Gasteiger partial charge in [0.1, 0.15) is 6.04 Å². The number of hydrogen-bond donors (Lipinski definition) is 1. The van der Waals surface area contributed by atoms with Crippen LogP contribution in [-0.4, -0.2) is 41.2 Å². The minimum atomic E-state index is -1.11. The first-order valence-electron chi connectivity index (χ1n) is 11.6. The lowest BCUT2D eigenvalue weighted by Crippen LogP contribution is -2.48. The highest BCUT2D eigenvalue weighted by Gasteiger charge is 2.61. The van der Waals surface area contributed by atoms with E-state index in [2.05, 4.69) is 5.32 Å². The van der Waals surface area contributed by atoms with Crippen molar-refractivity contribution >= 4 is 29.4 Å². The fourth-order valence-corrected chi connectivity index (χ4v) is 5.48.